The molecule has 6 heteroatoms. The standard InChI is InChI=1S/C17H15ClN2O2S/c18-12-6-2-1-5-11(12)10-19-16(21)9-15-17(22)20-13-7-3-4-8-14(13)23-15/h1-8,15H,9-10H2,(H,19,21)(H,20,22). The van der Waals surface area contributed by atoms with Gasteiger partial charge in [-0.1, -0.05) is 41.9 Å². The molecule has 0 radical (unpaired) electrons. The smallest absolute Gasteiger partial charge is 0.238 e. The number of rotatable bonds is 4. The fourth-order valence-electron chi connectivity index (χ4n) is 2.30. The van der Waals surface area contributed by atoms with Gasteiger partial charge >= 0.3 is 0 Å². The van der Waals surface area contributed by atoms with Crippen molar-refractivity contribution in [3.63, 3.8) is 0 Å². The number of amides is 2. The largest absolute Gasteiger partial charge is 0.352 e. The second-order valence-corrected chi connectivity index (χ2v) is 6.82. The first-order valence-corrected chi connectivity index (χ1v) is 8.46. The summed E-state index contributed by atoms with van der Waals surface area (Å²) < 4.78 is 0. The molecule has 2 aromatic carbocycles. The van der Waals surface area contributed by atoms with Gasteiger partial charge in [-0.3, -0.25) is 9.59 Å². The van der Waals surface area contributed by atoms with Gasteiger partial charge in [0.2, 0.25) is 11.8 Å². The van der Waals surface area contributed by atoms with Crippen LogP contribution in [-0.4, -0.2) is 17.1 Å². The number of fused-ring (bicyclic) bond motifs is 1. The highest BCUT2D eigenvalue weighted by atomic mass is 35.5. The average Bonchev–Trinajstić information content (AvgIpc) is 2.55. The molecule has 0 aromatic heterocycles. The number of hydrogen-bond acceptors (Lipinski definition) is 3. The zero-order chi connectivity index (χ0) is 16.2. The fraction of sp³-hybridized carbons (Fsp3) is 0.176. The molecule has 0 bridgehead atoms. The number of anilines is 1. The molecule has 23 heavy (non-hydrogen) atoms. The maximum absolute atomic E-state index is 12.1. The summed E-state index contributed by atoms with van der Waals surface area (Å²) in [5.41, 5.74) is 1.66. The summed E-state index contributed by atoms with van der Waals surface area (Å²) in [6.45, 7) is 0.355. The van der Waals surface area contributed by atoms with E-state index < -0.39 is 5.25 Å². The van der Waals surface area contributed by atoms with Crippen LogP contribution in [-0.2, 0) is 16.1 Å². The van der Waals surface area contributed by atoms with Crippen molar-refractivity contribution in [3.8, 4) is 0 Å². The van der Waals surface area contributed by atoms with Gasteiger partial charge in [-0.15, -0.1) is 11.8 Å². The number of thioether (sulfide) groups is 1. The van der Waals surface area contributed by atoms with Crippen LogP contribution >= 0.6 is 23.4 Å². The van der Waals surface area contributed by atoms with Crippen LogP contribution in [0.4, 0.5) is 5.69 Å². The molecular formula is C17H15ClN2O2S. The van der Waals surface area contributed by atoms with E-state index in [2.05, 4.69) is 10.6 Å². The molecule has 0 aliphatic carbocycles. The Morgan fingerprint density at radius 1 is 1.17 bits per heavy atom. The van der Waals surface area contributed by atoms with Crippen molar-refractivity contribution in [2.75, 3.05) is 5.32 Å². The molecule has 3 rings (SSSR count). The third-order valence-electron chi connectivity index (χ3n) is 3.51. The zero-order valence-corrected chi connectivity index (χ0v) is 13.8. The Labute approximate surface area is 143 Å². The van der Waals surface area contributed by atoms with Crippen molar-refractivity contribution in [2.45, 2.75) is 23.1 Å². The summed E-state index contributed by atoms with van der Waals surface area (Å²) >= 11 is 7.48. The Bertz CT molecular complexity index is 751. The summed E-state index contributed by atoms with van der Waals surface area (Å²) in [5.74, 6) is -0.307. The molecule has 2 aromatic rings. The molecule has 2 N–H and O–H groups in total. The summed E-state index contributed by atoms with van der Waals surface area (Å²) in [5, 5.41) is 5.85. The number of carbonyl (C=O) groups is 2. The third-order valence-corrected chi connectivity index (χ3v) is 5.16. The SMILES string of the molecule is O=C(CC1Sc2ccccc2NC1=O)NCc1ccccc1Cl. The molecule has 0 saturated carbocycles. The van der Waals surface area contributed by atoms with E-state index in [0.717, 1.165) is 16.1 Å². The van der Waals surface area contributed by atoms with Gasteiger partial charge in [-0.25, -0.2) is 0 Å². The van der Waals surface area contributed by atoms with Crippen LogP contribution in [0.1, 0.15) is 12.0 Å². The van der Waals surface area contributed by atoms with Crippen molar-refractivity contribution < 1.29 is 9.59 Å². The summed E-state index contributed by atoms with van der Waals surface area (Å²) in [6, 6.07) is 14.9. The average molecular weight is 347 g/mol. The molecule has 1 aliphatic rings. The maximum Gasteiger partial charge on any atom is 0.238 e. The van der Waals surface area contributed by atoms with E-state index in [1.165, 1.54) is 11.8 Å². The highest BCUT2D eigenvalue weighted by molar-refractivity contribution is 8.01. The first-order chi connectivity index (χ1) is 11.1. The van der Waals surface area contributed by atoms with Crippen molar-refractivity contribution in [3.05, 3.63) is 59.1 Å². The molecule has 0 spiro atoms. The van der Waals surface area contributed by atoms with Crippen LogP contribution < -0.4 is 10.6 Å². The lowest BCUT2D eigenvalue weighted by Gasteiger charge is -2.23. The van der Waals surface area contributed by atoms with Crippen LogP contribution in [0, 0.1) is 0 Å². The number of para-hydroxylation sites is 1. The number of hydrogen-bond donors (Lipinski definition) is 2. The molecular weight excluding hydrogens is 332 g/mol. The highest BCUT2D eigenvalue weighted by Crippen LogP contribution is 2.36. The lowest BCUT2D eigenvalue weighted by molar-refractivity contribution is -0.124. The molecule has 118 valence electrons. The summed E-state index contributed by atoms with van der Waals surface area (Å²) in [4.78, 5) is 25.2. The molecule has 2 amide bonds. The molecule has 1 atom stereocenters. The van der Waals surface area contributed by atoms with Gasteiger partial charge in [0.1, 0.15) is 0 Å². The monoisotopic (exact) mass is 346 g/mol. The molecule has 4 nitrogen and oxygen atoms in total. The predicted octanol–water partition coefficient (Wildman–Crippen LogP) is 3.46. The Morgan fingerprint density at radius 3 is 2.74 bits per heavy atom. The maximum atomic E-state index is 12.1. The first-order valence-electron chi connectivity index (χ1n) is 7.20. The lowest BCUT2D eigenvalue weighted by Crippen LogP contribution is -2.34. The van der Waals surface area contributed by atoms with E-state index in [0.29, 0.717) is 11.6 Å². The Balaban J connectivity index is 1.58. The topological polar surface area (TPSA) is 58.2 Å². The van der Waals surface area contributed by atoms with E-state index in [1.807, 2.05) is 42.5 Å². The summed E-state index contributed by atoms with van der Waals surface area (Å²) in [6.07, 6.45) is 0.134. The van der Waals surface area contributed by atoms with Crippen molar-refractivity contribution in [1.29, 1.82) is 0 Å². The first kappa shape index (κ1) is 15.9. The van der Waals surface area contributed by atoms with Crippen LogP contribution in [0.2, 0.25) is 5.02 Å². The normalized spacial score (nSPS) is 16.4. The van der Waals surface area contributed by atoms with Gasteiger partial charge in [-0.2, -0.15) is 0 Å². The second kappa shape index (κ2) is 7.06. The Hall–Kier alpha value is -1.98. The van der Waals surface area contributed by atoms with E-state index in [-0.39, 0.29) is 18.2 Å². The Kier molecular flexibility index (Phi) is 4.88. The second-order valence-electron chi connectivity index (χ2n) is 5.16. The van der Waals surface area contributed by atoms with Gasteiger partial charge in [0, 0.05) is 22.9 Å². The van der Waals surface area contributed by atoms with E-state index >= 15 is 0 Å². The number of carbonyl (C=O) groups excluding carboxylic acids is 2. The van der Waals surface area contributed by atoms with E-state index in [1.54, 1.807) is 6.07 Å². The van der Waals surface area contributed by atoms with Gasteiger partial charge < -0.3 is 10.6 Å². The molecule has 1 aliphatic heterocycles. The zero-order valence-electron chi connectivity index (χ0n) is 12.2. The minimum Gasteiger partial charge on any atom is -0.352 e. The minimum absolute atomic E-state index is 0.134. The third kappa shape index (κ3) is 3.86. The highest BCUT2D eigenvalue weighted by Gasteiger charge is 2.28. The number of nitrogens with one attached hydrogen (secondary N) is 2. The molecule has 1 unspecified atom stereocenters. The van der Waals surface area contributed by atoms with Gasteiger partial charge in [0.25, 0.3) is 0 Å². The van der Waals surface area contributed by atoms with Crippen molar-refractivity contribution in [1.82, 2.24) is 5.32 Å². The number of halogens is 1. The molecule has 0 saturated heterocycles. The van der Waals surface area contributed by atoms with Crippen molar-refractivity contribution in [2.24, 2.45) is 0 Å². The Morgan fingerprint density at radius 2 is 1.91 bits per heavy atom. The quantitative estimate of drug-likeness (QED) is 0.891. The van der Waals surface area contributed by atoms with Gasteiger partial charge in [0.05, 0.1) is 10.9 Å². The van der Waals surface area contributed by atoms with Crippen LogP contribution in [0.25, 0.3) is 0 Å². The van der Waals surface area contributed by atoms with Crippen LogP contribution in [0.15, 0.2) is 53.4 Å². The minimum atomic E-state index is -0.420. The van der Waals surface area contributed by atoms with Crippen LogP contribution in [0.5, 0.6) is 0 Å². The molecule has 1 heterocycles. The summed E-state index contributed by atoms with van der Waals surface area (Å²) in [7, 11) is 0. The van der Waals surface area contributed by atoms with Crippen molar-refractivity contribution >= 4 is 40.9 Å². The van der Waals surface area contributed by atoms with E-state index in [4.69, 9.17) is 11.6 Å². The lowest BCUT2D eigenvalue weighted by atomic mass is 10.2. The van der Waals surface area contributed by atoms with Gasteiger partial charge in [-0.05, 0) is 23.8 Å². The fourth-order valence-corrected chi connectivity index (χ4v) is 3.62. The van der Waals surface area contributed by atoms with Crippen LogP contribution in [0.3, 0.4) is 0 Å². The molecule has 0 fully saturated rings. The van der Waals surface area contributed by atoms with E-state index in [9.17, 15) is 9.59 Å². The predicted molar refractivity (Wildman–Crippen MR) is 92.6 cm³/mol. The van der Waals surface area contributed by atoms with Gasteiger partial charge in [0.15, 0.2) is 0 Å². The number of benzene rings is 2.